The number of sulfonamides is 1. The number of amides is 1. The van der Waals surface area contributed by atoms with Crippen LogP contribution in [0.3, 0.4) is 0 Å². The molecule has 6 nitrogen and oxygen atoms in total. The van der Waals surface area contributed by atoms with Crippen LogP contribution in [0.1, 0.15) is 11.3 Å². The minimum Gasteiger partial charge on any atom is -0.289 e. The van der Waals surface area contributed by atoms with E-state index < -0.39 is 15.9 Å². The molecule has 0 fully saturated rings. The van der Waals surface area contributed by atoms with Crippen LogP contribution in [0.15, 0.2) is 73.3 Å². The van der Waals surface area contributed by atoms with E-state index in [4.69, 9.17) is 5.21 Å². The lowest BCUT2D eigenvalue weighted by molar-refractivity contribution is -0.129. The van der Waals surface area contributed by atoms with Crippen molar-refractivity contribution in [2.45, 2.75) is 26.2 Å². The van der Waals surface area contributed by atoms with Crippen molar-refractivity contribution >= 4 is 50.4 Å². The molecule has 3 aromatic rings. The van der Waals surface area contributed by atoms with E-state index in [1.807, 2.05) is 47.8 Å². The average molecular weight is 469 g/mol. The number of hydrogen-bond acceptors (Lipinski definition) is 7. The lowest BCUT2D eigenvalue weighted by Gasteiger charge is -2.20. The molecule has 3 rings (SSSR count). The molecule has 0 radical (unpaired) electrons. The molecule has 0 aliphatic heterocycles. The van der Waals surface area contributed by atoms with Crippen LogP contribution < -0.4 is 5.48 Å². The molecule has 154 valence electrons. The van der Waals surface area contributed by atoms with E-state index in [1.165, 1.54) is 27.4 Å². The van der Waals surface area contributed by atoms with E-state index in [0.717, 1.165) is 14.0 Å². The van der Waals surface area contributed by atoms with Crippen molar-refractivity contribution in [3.63, 3.8) is 0 Å². The SMILES string of the molecule is O=C(CCN(CCc1cccs1)S(=O)(=O)c1ccc(Sc2ccccc2)s1)NO. The Kier molecular flexibility index (Phi) is 7.87. The fraction of sp³-hybridized carbons (Fsp3) is 0.211. The molecular formula is C19H20N2O4S4. The van der Waals surface area contributed by atoms with E-state index in [2.05, 4.69) is 0 Å². The molecule has 2 N–H and O–H groups in total. The van der Waals surface area contributed by atoms with Gasteiger partial charge < -0.3 is 0 Å². The molecule has 2 aromatic heterocycles. The molecule has 0 spiro atoms. The zero-order valence-electron chi connectivity index (χ0n) is 15.4. The molecule has 0 saturated heterocycles. The summed E-state index contributed by atoms with van der Waals surface area (Å²) >= 11 is 4.29. The Bertz CT molecular complexity index is 1020. The highest BCUT2D eigenvalue weighted by molar-refractivity contribution is 8.01. The minimum absolute atomic E-state index is 0.000830. The number of benzene rings is 1. The van der Waals surface area contributed by atoms with Crippen molar-refractivity contribution in [2.24, 2.45) is 0 Å². The van der Waals surface area contributed by atoms with Crippen molar-refractivity contribution in [1.82, 2.24) is 9.79 Å². The van der Waals surface area contributed by atoms with Crippen molar-refractivity contribution in [3.05, 3.63) is 64.9 Å². The summed E-state index contributed by atoms with van der Waals surface area (Å²) < 4.78 is 28.8. The lowest BCUT2D eigenvalue weighted by atomic mass is 10.3. The number of rotatable bonds is 10. The third-order valence-electron chi connectivity index (χ3n) is 4.01. The zero-order chi connectivity index (χ0) is 20.7. The average Bonchev–Trinajstić information content (AvgIpc) is 3.40. The van der Waals surface area contributed by atoms with E-state index in [-0.39, 0.29) is 23.7 Å². The Hall–Kier alpha value is -1.69. The number of carbonyl (C=O) groups is 1. The topological polar surface area (TPSA) is 86.7 Å². The van der Waals surface area contributed by atoms with Crippen molar-refractivity contribution in [2.75, 3.05) is 13.1 Å². The fourth-order valence-electron chi connectivity index (χ4n) is 2.55. The van der Waals surface area contributed by atoms with Gasteiger partial charge in [0, 0.05) is 29.3 Å². The van der Waals surface area contributed by atoms with Crippen LogP contribution >= 0.6 is 34.4 Å². The van der Waals surface area contributed by atoms with E-state index in [1.54, 1.807) is 28.9 Å². The van der Waals surface area contributed by atoms with Gasteiger partial charge in [-0.2, -0.15) is 4.31 Å². The first-order valence-electron chi connectivity index (χ1n) is 8.77. The van der Waals surface area contributed by atoms with Gasteiger partial charge in [0.15, 0.2) is 0 Å². The Morgan fingerprint density at radius 2 is 1.86 bits per heavy atom. The van der Waals surface area contributed by atoms with Gasteiger partial charge in [-0.25, -0.2) is 13.9 Å². The highest BCUT2D eigenvalue weighted by Crippen LogP contribution is 2.36. The molecule has 29 heavy (non-hydrogen) atoms. The normalized spacial score (nSPS) is 11.7. The molecule has 0 atom stereocenters. The molecule has 10 heteroatoms. The number of hydroxylamine groups is 1. The Morgan fingerprint density at radius 3 is 2.55 bits per heavy atom. The van der Waals surface area contributed by atoms with Crippen LogP contribution in [0.25, 0.3) is 0 Å². The first kappa shape index (κ1) is 22.0. The Labute approximate surface area is 182 Å². The minimum atomic E-state index is -3.75. The van der Waals surface area contributed by atoms with Crippen LogP contribution in [0.2, 0.25) is 0 Å². The van der Waals surface area contributed by atoms with Gasteiger partial charge in [-0.1, -0.05) is 36.0 Å². The Balaban J connectivity index is 1.76. The van der Waals surface area contributed by atoms with Gasteiger partial charge in [0.05, 0.1) is 4.21 Å². The number of thiophene rings is 2. The molecule has 1 aromatic carbocycles. The largest absolute Gasteiger partial charge is 0.289 e. The van der Waals surface area contributed by atoms with Crippen LogP contribution in [-0.2, 0) is 21.2 Å². The highest BCUT2D eigenvalue weighted by atomic mass is 32.3. The molecule has 2 heterocycles. The maximum absolute atomic E-state index is 13.2. The maximum atomic E-state index is 13.2. The third kappa shape index (κ3) is 6.14. The van der Waals surface area contributed by atoms with Gasteiger partial charge in [0.1, 0.15) is 4.21 Å². The maximum Gasteiger partial charge on any atom is 0.252 e. The first-order valence-corrected chi connectivity index (χ1v) is 12.7. The summed E-state index contributed by atoms with van der Waals surface area (Å²) in [5.41, 5.74) is 1.55. The lowest BCUT2D eigenvalue weighted by Crippen LogP contribution is -2.35. The van der Waals surface area contributed by atoms with E-state index >= 15 is 0 Å². The number of hydrogen-bond donors (Lipinski definition) is 2. The summed E-state index contributed by atoms with van der Waals surface area (Å²) in [6, 6.07) is 17.0. The van der Waals surface area contributed by atoms with Gasteiger partial charge >= 0.3 is 0 Å². The predicted molar refractivity (Wildman–Crippen MR) is 116 cm³/mol. The van der Waals surface area contributed by atoms with Gasteiger partial charge in [-0.15, -0.1) is 22.7 Å². The van der Waals surface area contributed by atoms with Crippen LogP contribution in [0, 0.1) is 0 Å². The summed E-state index contributed by atoms with van der Waals surface area (Å²) in [6.07, 6.45) is 0.450. The summed E-state index contributed by atoms with van der Waals surface area (Å²) in [4.78, 5) is 13.5. The Morgan fingerprint density at radius 1 is 1.07 bits per heavy atom. The highest BCUT2D eigenvalue weighted by Gasteiger charge is 2.27. The molecule has 0 unspecified atom stereocenters. The van der Waals surface area contributed by atoms with Crippen molar-refractivity contribution < 1.29 is 18.4 Å². The number of nitrogens with one attached hydrogen (secondary N) is 1. The van der Waals surface area contributed by atoms with Gasteiger partial charge in [0.2, 0.25) is 5.91 Å². The fourth-order valence-corrected chi connectivity index (χ4v) is 7.43. The predicted octanol–water partition coefficient (Wildman–Crippen LogP) is 4.09. The van der Waals surface area contributed by atoms with Gasteiger partial charge in [-0.3, -0.25) is 10.0 Å². The second-order valence-electron chi connectivity index (χ2n) is 6.01. The van der Waals surface area contributed by atoms with Crippen LogP contribution in [0.5, 0.6) is 0 Å². The summed E-state index contributed by atoms with van der Waals surface area (Å²) in [5, 5.41) is 10.7. The number of nitrogens with zero attached hydrogens (tertiary/aromatic N) is 1. The van der Waals surface area contributed by atoms with E-state index in [0.29, 0.717) is 6.42 Å². The molecule has 0 saturated carbocycles. The third-order valence-corrected chi connectivity index (χ3v) is 9.54. The monoisotopic (exact) mass is 468 g/mol. The summed E-state index contributed by atoms with van der Waals surface area (Å²) in [7, 11) is -3.75. The molecule has 0 aliphatic rings. The molecule has 1 amide bonds. The standard InChI is InChI=1S/C19H20N2O4S4/c22-17(20-23)11-13-21(12-10-15-7-4-14-26-15)29(24,25)19-9-8-18(28-19)27-16-5-2-1-3-6-16/h1-9,14,23H,10-13H2,(H,20,22). The molecular weight excluding hydrogens is 448 g/mol. The van der Waals surface area contributed by atoms with Gasteiger partial charge in [0.25, 0.3) is 10.0 Å². The molecule has 0 bridgehead atoms. The first-order chi connectivity index (χ1) is 14.0. The quantitative estimate of drug-likeness (QED) is 0.346. The van der Waals surface area contributed by atoms with Crippen LogP contribution in [0.4, 0.5) is 0 Å². The molecule has 0 aliphatic carbocycles. The summed E-state index contributed by atoms with van der Waals surface area (Å²) in [6.45, 7) is 0.264. The van der Waals surface area contributed by atoms with Gasteiger partial charge in [-0.05, 0) is 42.1 Å². The van der Waals surface area contributed by atoms with Crippen LogP contribution in [-0.4, -0.2) is 36.9 Å². The second kappa shape index (κ2) is 10.4. The van der Waals surface area contributed by atoms with Crippen molar-refractivity contribution in [3.8, 4) is 0 Å². The summed E-state index contributed by atoms with van der Waals surface area (Å²) in [5.74, 6) is -0.618. The number of carbonyl (C=O) groups excluding carboxylic acids is 1. The van der Waals surface area contributed by atoms with Crippen molar-refractivity contribution in [1.29, 1.82) is 0 Å². The van der Waals surface area contributed by atoms with E-state index in [9.17, 15) is 13.2 Å². The smallest absolute Gasteiger partial charge is 0.252 e. The second-order valence-corrected chi connectivity index (χ2v) is 11.7. The zero-order valence-corrected chi connectivity index (χ0v) is 18.6.